The van der Waals surface area contributed by atoms with Crippen molar-refractivity contribution in [2.75, 3.05) is 28.7 Å². The molecule has 3 aromatic heterocycles. The maximum absolute atomic E-state index is 10.4. The third-order valence-electron chi connectivity index (χ3n) is 6.02. The second-order valence-corrected chi connectivity index (χ2v) is 11.3. The first-order chi connectivity index (χ1) is 15.3. The summed E-state index contributed by atoms with van der Waals surface area (Å²) < 4.78 is 1.11. The molecule has 2 unspecified atom stereocenters. The van der Waals surface area contributed by atoms with Crippen molar-refractivity contribution in [1.82, 2.24) is 19.9 Å². The van der Waals surface area contributed by atoms with Crippen molar-refractivity contribution in [3.05, 3.63) is 24.2 Å². The molecule has 3 N–H and O–H groups in total. The number of thiazole rings is 1. The number of aromatic nitrogens is 4. The first-order valence-electron chi connectivity index (χ1n) is 11.2. The smallest absolute Gasteiger partial charge is 0.224 e. The normalized spacial score (nSPS) is 18.9. The third kappa shape index (κ3) is 5.32. The molecule has 3 aromatic rings. The summed E-state index contributed by atoms with van der Waals surface area (Å²) in [5.74, 6) is 3.83. The van der Waals surface area contributed by atoms with E-state index in [1.165, 1.54) is 0 Å². The highest BCUT2D eigenvalue weighted by Gasteiger charge is 2.35. The number of anilines is 2. The highest BCUT2D eigenvalue weighted by Crippen LogP contribution is 2.38. The topological polar surface area (TPSA) is 95.9 Å². The van der Waals surface area contributed by atoms with E-state index in [9.17, 15) is 5.11 Å². The second kappa shape index (κ2) is 9.89. The van der Waals surface area contributed by atoms with Gasteiger partial charge >= 0.3 is 0 Å². The number of fused-ring (bicyclic) bond motifs is 1. The molecule has 1 fully saturated rings. The predicted octanol–water partition coefficient (Wildman–Crippen LogP) is 4.97. The van der Waals surface area contributed by atoms with E-state index >= 15 is 0 Å². The van der Waals surface area contributed by atoms with E-state index in [1.54, 1.807) is 11.3 Å². The number of aryl methyl sites for hydroxylation is 1. The van der Waals surface area contributed by atoms with Crippen LogP contribution in [-0.2, 0) is 0 Å². The molecule has 4 rings (SSSR count). The fraction of sp³-hybridized carbons (Fsp3) is 0.565. The van der Waals surface area contributed by atoms with Crippen LogP contribution < -0.4 is 10.6 Å². The lowest BCUT2D eigenvalue weighted by Crippen LogP contribution is -2.30. The Kier molecular flexibility index (Phi) is 7.17. The van der Waals surface area contributed by atoms with Crippen LogP contribution in [0, 0.1) is 12.8 Å². The maximum atomic E-state index is 10.4. The molecule has 0 aromatic carbocycles. The molecule has 1 aliphatic carbocycles. The number of pyridine rings is 1. The number of nitrogens with one attached hydrogen (secondary N) is 2. The van der Waals surface area contributed by atoms with Crippen molar-refractivity contribution in [3.8, 4) is 10.6 Å². The summed E-state index contributed by atoms with van der Waals surface area (Å²) in [6, 6.07) is 2.27. The minimum Gasteiger partial charge on any atom is -0.390 e. The van der Waals surface area contributed by atoms with E-state index in [0.717, 1.165) is 69.6 Å². The molecule has 3 heterocycles. The molecule has 172 valence electrons. The number of thioether (sulfide) groups is 1. The van der Waals surface area contributed by atoms with Crippen LogP contribution in [0.5, 0.6) is 0 Å². The summed E-state index contributed by atoms with van der Waals surface area (Å²) in [4.78, 5) is 18.6. The lowest BCUT2D eigenvalue weighted by Gasteiger charge is -2.25. The molecule has 0 aliphatic heterocycles. The number of hydrogen-bond donors (Lipinski definition) is 3. The van der Waals surface area contributed by atoms with Crippen LogP contribution in [0.15, 0.2) is 18.5 Å². The first kappa shape index (κ1) is 23.2. The second-order valence-electron chi connectivity index (χ2n) is 8.85. The van der Waals surface area contributed by atoms with Gasteiger partial charge in [-0.25, -0.2) is 9.97 Å². The standard InChI is InChI=1S/C23H32N6OS2/c1-5-31-11-10-25-22-26-13-17(21-28-19-14(2)24-9-8-18(19)32-21)20(29-22)27-16-7-6-15(12-16)23(3,4)30/h8-9,13,15-16,30H,5-7,10-12H2,1-4H3,(H2,25,26,27,29). The van der Waals surface area contributed by atoms with Crippen LogP contribution in [0.4, 0.5) is 11.8 Å². The maximum Gasteiger partial charge on any atom is 0.224 e. The van der Waals surface area contributed by atoms with Crippen molar-refractivity contribution in [2.24, 2.45) is 5.92 Å². The SMILES string of the molecule is CCSCCNc1ncc(-c2nc3c(C)nccc3s2)c(NC2CCC(C(C)(C)O)C2)n1. The van der Waals surface area contributed by atoms with Gasteiger partial charge in [0.1, 0.15) is 16.3 Å². The average molecular weight is 473 g/mol. The zero-order chi connectivity index (χ0) is 22.7. The Labute approximate surface area is 197 Å². The van der Waals surface area contributed by atoms with E-state index in [2.05, 4.69) is 27.5 Å². The van der Waals surface area contributed by atoms with Crippen molar-refractivity contribution in [2.45, 2.75) is 58.6 Å². The van der Waals surface area contributed by atoms with Gasteiger partial charge in [0, 0.05) is 30.7 Å². The molecule has 9 heteroatoms. The van der Waals surface area contributed by atoms with Gasteiger partial charge < -0.3 is 15.7 Å². The summed E-state index contributed by atoms with van der Waals surface area (Å²) >= 11 is 3.53. The minimum absolute atomic E-state index is 0.265. The van der Waals surface area contributed by atoms with E-state index in [4.69, 9.17) is 9.97 Å². The van der Waals surface area contributed by atoms with Gasteiger partial charge in [-0.2, -0.15) is 16.7 Å². The number of hydrogen-bond acceptors (Lipinski definition) is 9. The van der Waals surface area contributed by atoms with Gasteiger partial charge in [-0.3, -0.25) is 4.98 Å². The zero-order valence-electron chi connectivity index (χ0n) is 19.2. The van der Waals surface area contributed by atoms with Crippen LogP contribution in [0.2, 0.25) is 0 Å². The van der Waals surface area contributed by atoms with Crippen LogP contribution in [-0.4, -0.2) is 54.7 Å². The lowest BCUT2D eigenvalue weighted by atomic mass is 9.89. The lowest BCUT2D eigenvalue weighted by molar-refractivity contribution is 0.0197. The van der Waals surface area contributed by atoms with Crippen LogP contribution in [0.1, 0.15) is 45.7 Å². The highest BCUT2D eigenvalue weighted by molar-refractivity contribution is 7.99. The molecule has 7 nitrogen and oxygen atoms in total. The van der Waals surface area contributed by atoms with Crippen LogP contribution in [0.25, 0.3) is 20.8 Å². The predicted molar refractivity (Wildman–Crippen MR) is 136 cm³/mol. The zero-order valence-corrected chi connectivity index (χ0v) is 20.8. The molecule has 0 bridgehead atoms. The van der Waals surface area contributed by atoms with Crippen LogP contribution >= 0.6 is 23.1 Å². The Morgan fingerprint density at radius 3 is 2.81 bits per heavy atom. The van der Waals surface area contributed by atoms with E-state index < -0.39 is 5.60 Å². The molecular weight excluding hydrogens is 440 g/mol. The third-order valence-corrected chi connectivity index (χ3v) is 7.97. The number of nitrogens with zero attached hydrogens (tertiary/aromatic N) is 4. The van der Waals surface area contributed by atoms with Gasteiger partial charge in [0.15, 0.2) is 0 Å². The fourth-order valence-electron chi connectivity index (χ4n) is 4.16. The molecule has 2 atom stereocenters. The molecule has 32 heavy (non-hydrogen) atoms. The summed E-state index contributed by atoms with van der Waals surface area (Å²) in [6.07, 6.45) is 6.63. The minimum atomic E-state index is -0.661. The summed E-state index contributed by atoms with van der Waals surface area (Å²) in [6.45, 7) is 8.79. The Hall–Kier alpha value is -1.97. The fourth-order valence-corrected chi connectivity index (χ4v) is 5.72. The van der Waals surface area contributed by atoms with E-state index in [-0.39, 0.29) is 12.0 Å². The molecular formula is C23H32N6OS2. The van der Waals surface area contributed by atoms with Crippen molar-refractivity contribution in [3.63, 3.8) is 0 Å². The average Bonchev–Trinajstić information content (AvgIpc) is 3.39. The van der Waals surface area contributed by atoms with Crippen molar-refractivity contribution in [1.29, 1.82) is 0 Å². The van der Waals surface area contributed by atoms with Crippen molar-refractivity contribution < 1.29 is 5.11 Å². The van der Waals surface area contributed by atoms with Gasteiger partial charge in [0.05, 0.1) is 21.6 Å². The monoisotopic (exact) mass is 472 g/mol. The first-order valence-corrected chi connectivity index (χ1v) is 13.2. The Balaban J connectivity index is 1.62. The van der Waals surface area contributed by atoms with Gasteiger partial charge in [0.25, 0.3) is 0 Å². The Morgan fingerprint density at radius 1 is 1.25 bits per heavy atom. The van der Waals surface area contributed by atoms with Gasteiger partial charge in [0.2, 0.25) is 5.95 Å². The number of aliphatic hydroxyl groups is 1. The summed E-state index contributed by atoms with van der Waals surface area (Å²) in [5, 5.41) is 18.3. The highest BCUT2D eigenvalue weighted by atomic mass is 32.2. The largest absolute Gasteiger partial charge is 0.390 e. The number of rotatable bonds is 9. The summed E-state index contributed by atoms with van der Waals surface area (Å²) in [7, 11) is 0. The Morgan fingerprint density at radius 2 is 2.09 bits per heavy atom. The van der Waals surface area contributed by atoms with Gasteiger partial charge in [-0.05, 0) is 57.8 Å². The van der Waals surface area contributed by atoms with Crippen LogP contribution in [0.3, 0.4) is 0 Å². The molecule has 1 saturated carbocycles. The van der Waals surface area contributed by atoms with Gasteiger partial charge in [-0.15, -0.1) is 11.3 Å². The molecule has 0 amide bonds. The van der Waals surface area contributed by atoms with Crippen molar-refractivity contribution >= 4 is 45.1 Å². The molecule has 0 saturated heterocycles. The molecule has 1 aliphatic rings. The van der Waals surface area contributed by atoms with E-state index in [1.807, 2.05) is 51.0 Å². The van der Waals surface area contributed by atoms with Gasteiger partial charge in [-0.1, -0.05) is 6.92 Å². The molecule has 0 spiro atoms. The quantitative estimate of drug-likeness (QED) is 0.376. The van der Waals surface area contributed by atoms with E-state index in [0.29, 0.717) is 5.95 Å². The summed E-state index contributed by atoms with van der Waals surface area (Å²) in [5.41, 5.74) is 2.11. The Bertz CT molecular complexity index is 1060. The molecule has 0 radical (unpaired) electrons.